The van der Waals surface area contributed by atoms with Crippen molar-refractivity contribution in [3.63, 3.8) is 0 Å². The number of rotatable bonds is 3. The third-order valence-electron chi connectivity index (χ3n) is 2.66. The molecule has 0 spiro atoms. The van der Waals surface area contributed by atoms with E-state index in [9.17, 15) is 0 Å². The van der Waals surface area contributed by atoms with Crippen molar-refractivity contribution in [2.75, 3.05) is 0 Å². The monoisotopic (exact) mass is 170 g/mol. The van der Waals surface area contributed by atoms with Gasteiger partial charge in [0.2, 0.25) is 0 Å². The van der Waals surface area contributed by atoms with Crippen LogP contribution in [0.15, 0.2) is 54.1 Å². The SMILES string of the molecule is C=CC1=C(Cc2ccccc2)CC1. The van der Waals surface area contributed by atoms with E-state index in [0.717, 1.165) is 6.42 Å². The molecule has 0 unspecified atom stereocenters. The van der Waals surface area contributed by atoms with E-state index in [1.807, 2.05) is 6.08 Å². The fourth-order valence-electron chi connectivity index (χ4n) is 1.74. The fraction of sp³-hybridized carbons (Fsp3) is 0.231. The number of hydrogen-bond acceptors (Lipinski definition) is 0. The van der Waals surface area contributed by atoms with Crippen LogP contribution in [0.25, 0.3) is 0 Å². The lowest BCUT2D eigenvalue weighted by molar-refractivity contribution is 0.789. The van der Waals surface area contributed by atoms with E-state index >= 15 is 0 Å². The van der Waals surface area contributed by atoms with Gasteiger partial charge in [-0.2, -0.15) is 0 Å². The second-order valence-electron chi connectivity index (χ2n) is 3.50. The van der Waals surface area contributed by atoms with Crippen LogP contribution in [0.3, 0.4) is 0 Å². The normalized spacial score (nSPS) is 15.4. The Kier molecular flexibility index (Phi) is 2.31. The summed E-state index contributed by atoms with van der Waals surface area (Å²) in [5.41, 5.74) is 4.45. The molecular weight excluding hydrogens is 156 g/mol. The smallest absolute Gasteiger partial charge is 0.00612 e. The molecule has 0 fully saturated rings. The average Bonchev–Trinajstić information content (AvgIpc) is 2.15. The maximum atomic E-state index is 3.82. The third kappa shape index (κ3) is 1.72. The van der Waals surface area contributed by atoms with Crippen molar-refractivity contribution >= 4 is 0 Å². The van der Waals surface area contributed by atoms with Crippen molar-refractivity contribution in [3.05, 3.63) is 59.7 Å². The minimum Gasteiger partial charge on any atom is -0.0988 e. The number of allylic oxidation sites excluding steroid dienone is 3. The molecule has 0 aliphatic heterocycles. The van der Waals surface area contributed by atoms with E-state index in [1.54, 1.807) is 5.57 Å². The Hall–Kier alpha value is -1.30. The van der Waals surface area contributed by atoms with Crippen LogP contribution in [0.4, 0.5) is 0 Å². The zero-order valence-corrected chi connectivity index (χ0v) is 7.79. The summed E-state index contributed by atoms with van der Waals surface area (Å²) >= 11 is 0. The van der Waals surface area contributed by atoms with Crippen LogP contribution in [-0.2, 0) is 6.42 Å². The minimum atomic E-state index is 1.11. The maximum Gasteiger partial charge on any atom is -0.00612 e. The van der Waals surface area contributed by atoms with Crippen molar-refractivity contribution < 1.29 is 0 Å². The molecule has 1 aliphatic rings. The van der Waals surface area contributed by atoms with Gasteiger partial charge in [-0.1, -0.05) is 48.6 Å². The van der Waals surface area contributed by atoms with Gasteiger partial charge in [0.05, 0.1) is 0 Å². The van der Waals surface area contributed by atoms with E-state index < -0.39 is 0 Å². The van der Waals surface area contributed by atoms with Crippen molar-refractivity contribution in [1.29, 1.82) is 0 Å². The zero-order chi connectivity index (χ0) is 9.10. The summed E-state index contributed by atoms with van der Waals surface area (Å²) in [6.45, 7) is 3.82. The van der Waals surface area contributed by atoms with Crippen molar-refractivity contribution in [1.82, 2.24) is 0 Å². The van der Waals surface area contributed by atoms with E-state index in [2.05, 4.69) is 36.9 Å². The Balaban J connectivity index is 2.12. The first-order valence-electron chi connectivity index (χ1n) is 4.77. The van der Waals surface area contributed by atoms with E-state index in [1.165, 1.54) is 24.0 Å². The summed E-state index contributed by atoms with van der Waals surface area (Å²) in [6.07, 6.45) is 5.60. The standard InChI is InChI=1S/C13H14/c1-2-12-8-9-13(12)10-11-6-4-3-5-7-11/h2-7H,1,8-10H2. The molecule has 2 rings (SSSR count). The Morgan fingerprint density at radius 3 is 2.46 bits per heavy atom. The summed E-state index contributed by atoms with van der Waals surface area (Å²) in [5.74, 6) is 0. The highest BCUT2D eigenvalue weighted by Crippen LogP contribution is 2.30. The summed E-state index contributed by atoms with van der Waals surface area (Å²) in [4.78, 5) is 0. The van der Waals surface area contributed by atoms with E-state index in [-0.39, 0.29) is 0 Å². The number of benzene rings is 1. The Morgan fingerprint density at radius 2 is 1.92 bits per heavy atom. The molecule has 1 aromatic rings. The number of hydrogen-bond donors (Lipinski definition) is 0. The highest BCUT2D eigenvalue weighted by molar-refractivity contribution is 5.36. The minimum absolute atomic E-state index is 1.11. The highest BCUT2D eigenvalue weighted by atomic mass is 14.2. The lowest BCUT2D eigenvalue weighted by Crippen LogP contribution is -2.04. The van der Waals surface area contributed by atoms with Gasteiger partial charge < -0.3 is 0 Å². The summed E-state index contributed by atoms with van der Waals surface area (Å²) in [6, 6.07) is 10.6. The molecule has 66 valence electrons. The van der Waals surface area contributed by atoms with Crippen LogP contribution in [0.2, 0.25) is 0 Å². The van der Waals surface area contributed by atoms with Gasteiger partial charge in [0.15, 0.2) is 0 Å². The largest absolute Gasteiger partial charge is 0.0988 e. The maximum absolute atomic E-state index is 3.82. The van der Waals surface area contributed by atoms with Gasteiger partial charge in [-0.3, -0.25) is 0 Å². The highest BCUT2D eigenvalue weighted by Gasteiger charge is 2.13. The lowest BCUT2D eigenvalue weighted by Gasteiger charge is -2.21. The van der Waals surface area contributed by atoms with Gasteiger partial charge in [0, 0.05) is 0 Å². The van der Waals surface area contributed by atoms with Gasteiger partial charge in [-0.05, 0) is 30.4 Å². The lowest BCUT2D eigenvalue weighted by atomic mass is 9.84. The van der Waals surface area contributed by atoms with Gasteiger partial charge in [-0.15, -0.1) is 0 Å². The molecule has 0 radical (unpaired) electrons. The van der Waals surface area contributed by atoms with Gasteiger partial charge >= 0.3 is 0 Å². The van der Waals surface area contributed by atoms with Crippen LogP contribution in [-0.4, -0.2) is 0 Å². The fourth-order valence-corrected chi connectivity index (χ4v) is 1.74. The Labute approximate surface area is 79.6 Å². The molecule has 1 aliphatic carbocycles. The van der Waals surface area contributed by atoms with Crippen LogP contribution in [0.5, 0.6) is 0 Å². The average molecular weight is 170 g/mol. The predicted molar refractivity (Wildman–Crippen MR) is 56.6 cm³/mol. The third-order valence-corrected chi connectivity index (χ3v) is 2.66. The molecule has 0 N–H and O–H groups in total. The molecule has 0 amide bonds. The van der Waals surface area contributed by atoms with E-state index in [0.29, 0.717) is 0 Å². The zero-order valence-electron chi connectivity index (χ0n) is 7.79. The van der Waals surface area contributed by atoms with Crippen LogP contribution in [0, 0.1) is 0 Å². The van der Waals surface area contributed by atoms with Gasteiger partial charge in [0.25, 0.3) is 0 Å². The molecule has 13 heavy (non-hydrogen) atoms. The molecule has 0 saturated carbocycles. The first-order valence-corrected chi connectivity index (χ1v) is 4.77. The molecule has 0 atom stereocenters. The molecule has 0 heterocycles. The van der Waals surface area contributed by atoms with Crippen molar-refractivity contribution in [3.8, 4) is 0 Å². The van der Waals surface area contributed by atoms with Gasteiger partial charge in [0.1, 0.15) is 0 Å². The van der Waals surface area contributed by atoms with Gasteiger partial charge in [-0.25, -0.2) is 0 Å². The molecule has 0 nitrogen and oxygen atoms in total. The van der Waals surface area contributed by atoms with Crippen LogP contribution < -0.4 is 0 Å². The molecule has 1 aromatic carbocycles. The molecule has 0 saturated heterocycles. The summed E-state index contributed by atoms with van der Waals surface area (Å²) in [7, 11) is 0. The second kappa shape index (κ2) is 3.61. The molecule has 0 aromatic heterocycles. The van der Waals surface area contributed by atoms with Crippen molar-refractivity contribution in [2.24, 2.45) is 0 Å². The second-order valence-corrected chi connectivity index (χ2v) is 3.50. The first-order chi connectivity index (χ1) is 6.40. The van der Waals surface area contributed by atoms with Crippen LogP contribution in [0.1, 0.15) is 18.4 Å². The first kappa shape index (κ1) is 8.31. The topological polar surface area (TPSA) is 0 Å². The molecule has 0 heteroatoms. The summed E-state index contributed by atoms with van der Waals surface area (Å²) < 4.78 is 0. The Morgan fingerprint density at radius 1 is 1.15 bits per heavy atom. The summed E-state index contributed by atoms with van der Waals surface area (Å²) in [5, 5.41) is 0. The quantitative estimate of drug-likeness (QED) is 0.651. The Bertz CT molecular complexity index is 330. The molecular formula is C13H14. The molecule has 0 bridgehead atoms. The van der Waals surface area contributed by atoms with E-state index in [4.69, 9.17) is 0 Å². The van der Waals surface area contributed by atoms with Crippen LogP contribution >= 0.6 is 0 Å². The predicted octanol–water partition coefficient (Wildman–Crippen LogP) is 3.51. The van der Waals surface area contributed by atoms with Crippen molar-refractivity contribution in [2.45, 2.75) is 19.3 Å².